The monoisotopic (exact) mass is 511 g/mol. The highest BCUT2D eigenvalue weighted by Crippen LogP contribution is 2.27. The summed E-state index contributed by atoms with van der Waals surface area (Å²) in [5.41, 5.74) is 3.95. The van der Waals surface area contributed by atoms with Gasteiger partial charge in [-0.1, -0.05) is 36.1 Å². The average molecular weight is 512 g/mol. The number of rotatable bonds is 9. The molecular weight excluding hydrogens is 478 g/mol. The number of carbonyl (C=O) groups is 1. The minimum atomic E-state index is 0. The number of aryl methyl sites for hydroxylation is 1. The molecule has 0 radical (unpaired) electrons. The predicted octanol–water partition coefficient (Wildman–Crippen LogP) is 4.34. The Labute approximate surface area is 219 Å². The Kier molecular flexibility index (Phi) is 13.0. The third-order valence-electron chi connectivity index (χ3n) is 5.65. The summed E-state index contributed by atoms with van der Waals surface area (Å²) < 4.78 is 16.0. The number of hydrogen-bond donors (Lipinski definition) is 0. The summed E-state index contributed by atoms with van der Waals surface area (Å²) in [5.74, 6) is 8.68. The number of ether oxygens (including phenoxy) is 3. The summed E-state index contributed by atoms with van der Waals surface area (Å²) in [6.07, 6.45) is 1.72. The van der Waals surface area contributed by atoms with Gasteiger partial charge in [-0.2, -0.15) is 0 Å². The number of benzene rings is 3. The highest BCUT2D eigenvalue weighted by Gasteiger charge is 2.12. The highest BCUT2D eigenvalue weighted by atomic mass is 35.5. The molecule has 2 N–H and O–H groups in total. The molecule has 3 aromatic rings. The van der Waals surface area contributed by atoms with Crippen LogP contribution in [0.5, 0.6) is 17.2 Å². The van der Waals surface area contributed by atoms with Crippen LogP contribution < -0.4 is 14.2 Å². The van der Waals surface area contributed by atoms with Crippen molar-refractivity contribution in [2.24, 2.45) is 0 Å². The quantitative estimate of drug-likeness (QED) is 0.400. The molecule has 0 saturated carbocycles. The average Bonchev–Trinajstić information content (AvgIpc) is 2.89. The Bertz CT molecular complexity index is 1170. The molecule has 0 aromatic heterocycles. The molecule has 7 heteroatoms. The first-order chi connectivity index (χ1) is 16.5. The number of amides is 1. The minimum Gasteiger partial charge on any atom is -0.497 e. The van der Waals surface area contributed by atoms with Gasteiger partial charge in [-0.05, 0) is 66.4 Å². The lowest BCUT2D eigenvalue weighted by Crippen LogP contribution is -2.29. The molecule has 1 amide bonds. The second kappa shape index (κ2) is 15.4. The fraction of sp³-hybridized carbons (Fsp3) is 0.276. The fourth-order valence-electron chi connectivity index (χ4n) is 3.58. The molecule has 0 aliphatic carbocycles. The van der Waals surface area contributed by atoms with E-state index in [9.17, 15) is 4.79 Å². The Morgan fingerprint density at radius 1 is 0.833 bits per heavy atom. The number of likely N-dealkylation sites (N-methyl/N-ethyl adjacent to an activating group) is 1. The number of hydrogen-bond acceptors (Lipinski definition) is 4. The molecule has 0 heterocycles. The van der Waals surface area contributed by atoms with E-state index in [0.29, 0.717) is 30.9 Å². The van der Waals surface area contributed by atoms with Crippen molar-refractivity contribution in [3.8, 4) is 29.1 Å². The van der Waals surface area contributed by atoms with Crippen molar-refractivity contribution < 1.29 is 24.5 Å². The van der Waals surface area contributed by atoms with Crippen LogP contribution in [0.4, 0.5) is 0 Å². The van der Waals surface area contributed by atoms with E-state index in [2.05, 4.69) is 11.8 Å². The molecule has 3 rings (SSSR count). The van der Waals surface area contributed by atoms with Gasteiger partial charge in [0.05, 0.1) is 21.3 Å². The van der Waals surface area contributed by atoms with Gasteiger partial charge >= 0.3 is 0 Å². The van der Waals surface area contributed by atoms with Crippen LogP contribution in [0.1, 0.15) is 28.7 Å². The Balaban J connectivity index is 0.00000324. The molecule has 3 aromatic carbocycles. The molecule has 0 aliphatic heterocycles. The Morgan fingerprint density at radius 3 is 2.22 bits per heavy atom. The van der Waals surface area contributed by atoms with Gasteiger partial charge < -0.3 is 24.6 Å². The van der Waals surface area contributed by atoms with Crippen LogP contribution in [0.2, 0.25) is 0 Å². The second-order valence-corrected chi connectivity index (χ2v) is 7.89. The van der Waals surface area contributed by atoms with Gasteiger partial charge in [0.15, 0.2) is 11.5 Å². The van der Waals surface area contributed by atoms with E-state index >= 15 is 0 Å². The van der Waals surface area contributed by atoms with E-state index in [1.165, 1.54) is 0 Å². The zero-order chi connectivity index (χ0) is 24.3. The SMILES string of the molecule is COc1ccc(C#Cc2ccccc2)c(CCC(=O)N(C)CCc2ccc(OC)c(OC)c2)c1.Cl.O. The molecule has 0 bridgehead atoms. The van der Waals surface area contributed by atoms with Crippen LogP contribution in [-0.2, 0) is 17.6 Å². The largest absolute Gasteiger partial charge is 0.497 e. The van der Waals surface area contributed by atoms with Crippen molar-refractivity contribution >= 4 is 18.3 Å². The summed E-state index contributed by atoms with van der Waals surface area (Å²) in [6.45, 7) is 0.618. The molecule has 0 atom stereocenters. The fourth-order valence-corrected chi connectivity index (χ4v) is 3.58. The number of nitrogens with zero attached hydrogens (tertiary/aromatic N) is 1. The van der Waals surface area contributed by atoms with Gasteiger partial charge in [0.25, 0.3) is 0 Å². The zero-order valence-electron chi connectivity index (χ0n) is 21.2. The maximum Gasteiger partial charge on any atom is 0.222 e. The lowest BCUT2D eigenvalue weighted by Gasteiger charge is -2.18. The summed E-state index contributed by atoms with van der Waals surface area (Å²) in [7, 11) is 6.71. The smallest absolute Gasteiger partial charge is 0.222 e. The molecule has 192 valence electrons. The molecule has 6 nitrogen and oxygen atoms in total. The van der Waals surface area contributed by atoms with E-state index < -0.39 is 0 Å². The molecule has 0 spiro atoms. The van der Waals surface area contributed by atoms with E-state index in [-0.39, 0.29) is 23.8 Å². The molecule has 0 saturated heterocycles. The molecular formula is C29H34ClNO5. The van der Waals surface area contributed by atoms with Crippen molar-refractivity contribution in [1.82, 2.24) is 4.90 Å². The number of carbonyl (C=O) groups excluding carboxylic acids is 1. The van der Waals surface area contributed by atoms with Crippen LogP contribution in [0, 0.1) is 11.8 Å². The first-order valence-corrected chi connectivity index (χ1v) is 11.2. The van der Waals surface area contributed by atoms with Crippen LogP contribution in [0.3, 0.4) is 0 Å². The number of halogens is 1. The third-order valence-corrected chi connectivity index (χ3v) is 5.65. The summed E-state index contributed by atoms with van der Waals surface area (Å²) >= 11 is 0. The third kappa shape index (κ3) is 8.53. The summed E-state index contributed by atoms with van der Waals surface area (Å²) in [4.78, 5) is 14.6. The van der Waals surface area contributed by atoms with Gasteiger partial charge in [0.2, 0.25) is 5.91 Å². The first kappa shape index (κ1) is 30.4. The van der Waals surface area contributed by atoms with Gasteiger partial charge in [-0.3, -0.25) is 4.79 Å². The van der Waals surface area contributed by atoms with Crippen LogP contribution in [0.25, 0.3) is 0 Å². The van der Waals surface area contributed by atoms with Crippen molar-refractivity contribution in [2.75, 3.05) is 34.9 Å². The maximum absolute atomic E-state index is 12.8. The minimum absolute atomic E-state index is 0. The van der Waals surface area contributed by atoms with E-state index in [4.69, 9.17) is 14.2 Å². The standard InChI is InChI=1S/C29H31NO4.ClH.H2O/c1-30(19-18-23-11-16-27(33-3)28(20-23)34-4)29(31)17-14-25-21-26(32-2)15-13-24(25)12-10-22-8-6-5-7-9-22;;/h5-9,11,13,15-16,20-21H,14,17-19H2,1-4H3;1H;1H2. The van der Waals surface area contributed by atoms with E-state index in [1.807, 2.05) is 73.8 Å². The van der Waals surface area contributed by atoms with Crippen molar-refractivity contribution in [1.29, 1.82) is 0 Å². The molecule has 0 unspecified atom stereocenters. The van der Waals surface area contributed by atoms with Gasteiger partial charge in [-0.15, -0.1) is 12.4 Å². The van der Waals surface area contributed by atoms with E-state index in [1.54, 1.807) is 26.2 Å². The lowest BCUT2D eigenvalue weighted by molar-refractivity contribution is -0.129. The predicted molar refractivity (Wildman–Crippen MR) is 145 cm³/mol. The van der Waals surface area contributed by atoms with Crippen LogP contribution in [-0.4, -0.2) is 51.2 Å². The summed E-state index contributed by atoms with van der Waals surface area (Å²) in [6, 6.07) is 21.5. The summed E-state index contributed by atoms with van der Waals surface area (Å²) in [5, 5.41) is 0. The normalized spacial score (nSPS) is 9.56. The second-order valence-electron chi connectivity index (χ2n) is 7.89. The van der Waals surface area contributed by atoms with Gasteiger partial charge in [-0.25, -0.2) is 0 Å². The zero-order valence-corrected chi connectivity index (χ0v) is 22.0. The van der Waals surface area contributed by atoms with Crippen molar-refractivity contribution in [3.63, 3.8) is 0 Å². The van der Waals surface area contributed by atoms with Crippen LogP contribution in [0.15, 0.2) is 66.7 Å². The Morgan fingerprint density at radius 2 is 1.56 bits per heavy atom. The molecule has 0 fully saturated rings. The van der Waals surface area contributed by atoms with E-state index in [0.717, 1.165) is 34.4 Å². The molecule has 36 heavy (non-hydrogen) atoms. The first-order valence-electron chi connectivity index (χ1n) is 11.2. The van der Waals surface area contributed by atoms with Gasteiger partial charge in [0.1, 0.15) is 5.75 Å². The molecule has 0 aliphatic rings. The maximum atomic E-state index is 12.8. The lowest BCUT2D eigenvalue weighted by atomic mass is 10.0. The number of methoxy groups -OCH3 is 3. The Hall–Kier alpha value is -3.66. The van der Waals surface area contributed by atoms with Crippen LogP contribution >= 0.6 is 12.4 Å². The topological polar surface area (TPSA) is 79.5 Å². The van der Waals surface area contributed by atoms with Crippen molar-refractivity contribution in [2.45, 2.75) is 19.3 Å². The highest BCUT2D eigenvalue weighted by molar-refractivity contribution is 5.85. The van der Waals surface area contributed by atoms with Crippen molar-refractivity contribution in [3.05, 3.63) is 89.0 Å². The van der Waals surface area contributed by atoms with Gasteiger partial charge in [0, 0.05) is 31.1 Å².